The van der Waals surface area contributed by atoms with E-state index in [1.165, 1.54) is 36.2 Å². The van der Waals surface area contributed by atoms with Gasteiger partial charge in [-0.15, -0.1) is 0 Å². The van der Waals surface area contributed by atoms with Crippen LogP contribution in [0.15, 0.2) is 102 Å². The lowest BCUT2D eigenvalue weighted by Gasteiger charge is -2.34. The van der Waals surface area contributed by atoms with Crippen molar-refractivity contribution >= 4 is 62.3 Å². The minimum absolute atomic E-state index is 0.0364. The number of nitrogens with one attached hydrogen (secondary N) is 1. The van der Waals surface area contributed by atoms with Crippen molar-refractivity contribution in [2.45, 2.75) is 30.8 Å². The Balaban J connectivity index is 1.81. The Kier molecular flexibility index (Phi) is 10.7. The fraction of sp³-hybridized carbons (Fsp3) is 0.188. The summed E-state index contributed by atoms with van der Waals surface area (Å²) in [6, 6.07) is 25.7. The molecule has 1 N–H and O–H groups in total. The molecule has 0 aliphatic heterocycles. The van der Waals surface area contributed by atoms with E-state index in [2.05, 4.69) is 5.32 Å². The van der Waals surface area contributed by atoms with Crippen LogP contribution in [-0.4, -0.2) is 44.8 Å². The van der Waals surface area contributed by atoms with Crippen LogP contribution < -0.4 is 9.62 Å². The van der Waals surface area contributed by atoms with Crippen molar-refractivity contribution in [2.75, 3.05) is 17.9 Å². The summed E-state index contributed by atoms with van der Waals surface area (Å²) in [7, 11) is -2.74. The van der Waals surface area contributed by atoms with Gasteiger partial charge in [0.25, 0.3) is 10.0 Å². The highest BCUT2D eigenvalue weighted by atomic mass is 35.5. The number of carbonyl (C=O) groups excluding carboxylic acids is 2. The second-order valence-corrected chi connectivity index (χ2v) is 13.0. The number of aryl methyl sites for hydroxylation is 1. The number of sulfonamides is 1. The zero-order chi connectivity index (χ0) is 31.1. The minimum atomic E-state index is -4.23. The second-order valence-electron chi connectivity index (χ2n) is 9.88. The van der Waals surface area contributed by atoms with Crippen molar-refractivity contribution in [1.29, 1.82) is 0 Å². The molecule has 0 saturated carbocycles. The number of hydrogen-bond donors (Lipinski definition) is 1. The van der Waals surface area contributed by atoms with Gasteiger partial charge in [0, 0.05) is 35.1 Å². The monoisotopic (exact) mass is 657 g/mol. The molecule has 0 spiro atoms. The Bertz CT molecular complexity index is 1700. The van der Waals surface area contributed by atoms with Gasteiger partial charge in [-0.25, -0.2) is 8.42 Å². The topological polar surface area (TPSA) is 86.8 Å². The normalized spacial score (nSPS) is 11.9. The standard InChI is InChI=1S/C32H30Cl3N3O4S/c1-22-7-6-10-27(17-22)38(43(41,42)28-15-13-25(33)14-16-28)21-31(39)37(20-24-11-12-26(34)19-29(24)35)30(32(40)36-2)18-23-8-4-3-5-9-23/h3-17,19,30H,18,20-21H2,1-2H3,(H,36,40). The highest BCUT2D eigenvalue weighted by Gasteiger charge is 2.34. The summed E-state index contributed by atoms with van der Waals surface area (Å²) >= 11 is 18.6. The Morgan fingerprint density at radius 1 is 0.837 bits per heavy atom. The quantitative estimate of drug-likeness (QED) is 0.198. The van der Waals surface area contributed by atoms with Gasteiger partial charge in [-0.2, -0.15) is 0 Å². The summed E-state index contributed by atoms with van der Waals surface area (Å²) in [5.74, 6) is -1.01. The van der Waals surface area contributed by atoms with E-state index in [4.69, 9.17) is 34.8 Å². The van der Waals surface area contributed by atoms with Gasteiger partial charge in [0.15, 0.2) is 0 Å². The number of amides is 2. The molecular formula is C32H30Cl3N3O4S. The molecule has 1 unspecified atom stereocenters. The summed E-state index contributed by atoms with van der Waals surface area (Å²) < 4.78 is 29.1. The SMILES string of the molecule is CNC(=O)C(Cc1ccccc1)N(Cc1ccc(Cl)cc1Cl)C(=O)CN(c1cccc(C)c1)S(=O)(=O)c1ccc(Cl)cc1. The molecule has 4 aromatic rings. The first-order valence-corrected chi connectivity index (χ1v) is 15.9. The lowest BCUT2D eigenvalue weighted by molar-refractivity contribution is -0.139. The van der Waals surface area contributed by atoms with Crippen LogP contribution in [0.5, 0.6) is 0 Å². The highest BCUT2D eigenvalue weighted by molar-refractivity contribution is 7.92. The molecule has 11 heteroatoms. The van der Waals surface area contributed by atoms with Crippen molar-refractivity contribution < 1.29 is 18.0 Å². The minimum Gasteiger partial charge on any atom is -0.357 e. The molecule has 4 rings (SSSR count). The van der Waals surface area contributed by atoms with Crippen molar-refractivity contribution in [3.63, 3.8) is 0 Å². The Morgan fingerprint density at radius 2 is 1.51 bits per heavy atom. The molecule has 0 heterocycles. The van der Waals surface area contributed by atoms with Crippen molar-refractivity contribution in [3.05, 3.63) is 129 Å². The molecule has 0 radical (unpaired) electrons. The van der Waals surface area contributed by atoms with Gasteiger partial charge in [0.05, 0.1) is 10.6 Å². The maximum Gasteiger partial charge on any atom is 0.264 e. The van der Waals surface area contributed by atoms with Crippen LogP contribution in [0, 0.1) is 6.92 Å². The molecule has 224 valence electrons. The zero-order valence-corrected chi connectivity index (χ0v) is 26.6. The van der Waals surface area contributed by atoms with Crippen LogP contribution >= 0.6 is 34.8 Å². The molecular weight excluding hydrogens is 629 g/mol. The van der Waals surface area contributed by atoms with Crippen LogP contribution in [-0.2, 0) is 32.6 Å². The van der Waals surface area contributed by atoms with Crippen LogP contribution in [0.2, 0.25) is 15.1 Å². The summed E-state index contributed by atoms with van der Waals surface area (Å²) in [4.78, 5) is 29.0. The molecule has 0 aromatic heterocycles. The maximum atomic E-state index is 14.3. The Labute approximate surface area is 267 Å². The lowest BCUT2D eigenvalue weighted by atomic mass is 10.0. The van der Waals surface area contributed by atoms with Crippen LogP contribution in [0.3, 0.4) is 0 Å². The van der Waals surface area contributed by atoms with Gasteiger partial charge in [0.2, 0.25) is 11.8 Å². The molecule has 0 saturated heterocycles. The predicted octanol–water partition coefficient (Wildman–Crippen LogP) is 6.54. The van der Waals surface area contributed by atoms with E-state index >= 15 is 0 Å². The first-order valence-electron chi connectivity index (χ1n) is 13.3. The van der Waals surface area contributed by atoms with Crippen molar-refractivity contribution in [2.24, 2.45) is 0 Å². The fourth-order valence-electron chi connectivity index (χ4n) is 4.60. The second kappa shape index (κ2) is 14.3. The van der Waals surface area contributed by atoms with Gasteiger partial charge in [-0.3, -0.25) is 13.9 Å². The average Bonchev–Trinajstić information content (AvgIpc) is 2.98. The number of nitrogens with zero attached hydrogens (tertiary/aromatic N) is 2. The predicted molar refractivity (Wildman–Crippen MR) is 172 cm³/mol. The largest absolute Gasteiger partial charge is 0.357 e. The average molecular weight is 659 g/mol. The summed E-state index contributed by atoms with van der Waals surface area (Å²) in [6.07, 6.45) is 0.186. The molecule has 7 nitrogen and oxygen atoms in total. The fourth-order valence-corrected chi connectivity index (χ4v) is 6.60. The van der Waals surface area contributed by atoms with Crippen LogP contribution in [0.1, 0.15) is 16.7 Å². The third-order valence-corrected chi connectivity index (χ3v) is 9.47. The molecule has 0 bridgehead atoms. The van der Waals surface area contributed by atoms with E-state index in [9.17, 15) is 18.0 Å². The van der Waals surface area contributed by atoms with Crippen molar-refractivity contribution in [3.8, 4) is 0 Å². The molecule has 0 fully saturated rings. The molecule has 2 amide bonds. The summed E-state index contributed by atoms with van der Waals surface area (Å²) in [6.45, 7) is 1.18. The first kappa shape index (κ1) is 32.4. The van der Waals surface area contributed by atoms with Crippen LogP contribution in [0.25, 0.3) is 0 Å². The summed E-state index contributed by atoms with van der Waals surface area (Å²) in [5.41, 5.74) is 2.47. The van der Waals surface area contributed by atoms with Gasteiger partial charge in [-0.1, -0.05) is 83.3 Å². The number of hydrogen-bond acceptors (Lipinski definition) is 4. The van der Waals surface area contributed by atoms with E-state index in [-0.39, 0.29) is 17.9 Å². The number of halogens is 3. The number of anilines is 1. The smallest absolute Gasteiger partial charge is 0.264 e. The van der Waals surface area contributed by atoms with E-state index < -0.39 is 34.4 Å². The molecule has 4 aromatic carbocycles. The molecule has 0 aliphatic rings. The van der Waals surface area contributed by atoms with E-state index in [1.54, 1.807) is 36.4 Å². The van der Waals surface area contributed by atoms with Crippen LogP contribution in [0.4, 0.5) is 5.69 Å². The lowest BCUT2D eigenvalue weighted by Crippen LogP contribution is -2.53. The number of benzene rings is 4. The third-order valence-electron chi connectivity index (χ3n) is 6.84. The van der Waals surface area contributed by atoms with E-state index in [0.717, 1.165) is 15.4 Å². The Morgan fingerprint density at radius 3 is 2.14 bits per heavy atom. The maximum absolute atomic E-state index is 14.3. The first-order chi connectivity index (χ1) is 20.5. The molecule has 1 atom stereocenters. The third kappa shape index (κ3) is 8.09. The number of rotatable bonds is 11. The van der Waals surface area contributed by atoms with Crippen molar-refractivity contribution in [1.82, 2.24) is 10.2 Å². The number of likely N-dealkylation sites (N-methyl/N-ethyl adjacent to an activating group) is 1. The highest BCUT2D eigenvalue weighted by Crippen LogP contribution is 2.28. The van der Waals surface area contributed by atoms with Gasteiger partial charge in [0.1, 0.15) is 12.6 Å². The number of carbonyl (C=O) groups is 2. The Hall–Kier alpha value is -3.56. The summed E-state index contributed by atoms with van der Waals surface area (Å²) in [5, 5.41) is 3.75. The molecule has 0 aliphatic carbocycles. The van der Waals surface area contributed by atoms with Gasteiger partial charge >= 0.3 is 0 Å². The zero-order valence-electron chi connectivity index (χ0n) is 23.5. The molecule has 43 heavy (non-hydrogen) atoms. The van der Waals surface area contributed by atoms with E-state index in [0.29, 0.717) is 26.3 Å². The van der Waals surface area contributed by atoms with Gasteiger partial charge < -0.3 is 10.2 Å². The van der Waals surface area contributed by atoms with Gasteiger partial charge in [-0.05, 0) is 72.1 Å². The van der Waals surface area contributed by atoms with E-state index in [1.807, 2.05) is 43.3 Å².